The van der Waals surface area contributed by atoms with E-state index < -0.39 is 0 Å². The van der Waals surface area contributed by atoms with Gasteiger partial charge in [0.15, 0.2) is 0 Å². The zero-order valence-corrected chi connectivity index (χ0v) is 23.1. The van der Waals surface area contributed by atoms with E-state index in [0.717, 1.165) is 66.1 Å². The average Bonchev–Trinajstić information content (AvgIpc) is 2.85. The number of halogens is 1. The Morgan fingerprint density at radius 3 is 2.31 bits per heavy atom. The molecule has 198 valence electrons. The molecule has 2 atom stereocenters. The van der Waals surface area contributed by atoms with Gasteiger partial charge in [0.05, 0.1) is 16.0 Å². The molecule has 36 heavy (non-hydrogen) atoms. The minimum atomic E-state index is -0.316. The number of carbonyl (C=O) groups excluding carboxylic acids is 2. The third-order valence-corrected chi connectivity index (χ3v) is 11.2. The van der Waals surface area contributed by atoms with Crippen LogP contribution in [0.2, 0.25) is 5.02 Å². The summed E-state index contributed by atoms with van der Waals surface area (Å²) in [7, 11) is 2.11. The molecule has 0 saturated heterocycles. The lowest BCUT2D eigenvalue weighted by Crippen LogP contribution is -2.62. The van der Waals surface area contributed by atoms with E-state index in [0.29, 0.717) is 18.0 Å². The summed E-state index contributed by atoms with van der Waals surface area (Å²) in [5.74, 6) is 2.74. The van der Waals surface area contributed by atoms with Gasteiger partial charge in [0.1, 0.15) is 6.29 Å². The van der Waals surface area contributed by atoms with Crippen LogP contribution in [-0.4, -0.2) is 36.9 Å². The Balaban J connectivity index is 0.000000157. The fourth-order valence-corrected chi connectivity index (χ4v) is 8.97. The highest BCUT2D eigenvalue weighted by atomic mass is 35.5. The smallest absolute Gasteiger partial charge is 0.226 e. The van der Waals surface area contributed by atoms with Crippen LogP contribution >= 0.6 is 23.5 Å². The molecule has 7 heteroatoms. The zero-order valence-electron chi connectivity index (χ0n) is 21.6. The number of carbonyl (C=O) groups is 2. The van der Waals surface area contributed by atoms with Crippen LogP contribution in [0.25, 0.3) is 0 Å². The van der Waals surface area contributed by atoms with Crippen LogP contribution < -0.4 is 15.4 Å². The largest absolute Gasteiger partial charge is 0.353 e. The monoisotopic (exact) mass is 531 g/mol. The molecule has 1 aromatic rings. The molecule has 0 heterocycles. The minimum Gasteiger partial charge on any atom is -0.353 e. The van der Waals surface area contributed by atoms with Crippen molar-refractivity contribution in [2.24, 2.45) is 23.2 Å². The van der Waals surface area contributed by atoms with Gasteiger partial charge >= 0.3 is 0 Å². The maximum absolute atomic E-state index is 13.0. The summed E-state index contributed by atoms with van der Waals surface area (Å²) in [4.78, 5) is 24.9. The summed E-state index contributed by atoms with van der Waals surface area (Å²) in [5.41, 5.74) is -0.314. The molecular weight excluding hydrogens is 490 g/mol. The van der Waals surface area contributed by atoms with Gasteiger partial charge in [-0.25, -0.2) is 4.72 Å². The van der Waals surface area contributed by atoms with Crippen molar-refractivity contribution in [3.8, 4) is 0 Å². The Morgan fingerprint density at radius 2 is 1.72 bits per heavy atom. The maximum atomic E-state index is 13.0. The second-order valence-corrected chi connectivity index (χ2v) is 13.4. The van der Waals surface area contributed by atoms with Gasteiger partial charge in [-0.3, -0.25) is 4.79 Å². The summed E-state index contributed by atoms with van der Waals surface area (Å²) in [6, 6.07) is 8.77. The van der Waals surface area contributed by atoms with Gasteiger partial charge < -0.3 is 15.4 Å². The number of amides is 1. The van der Waals surface area contributed by atoms with Crippen molar-refractivity contribution in [3.63, 3.8) is 0 Å². The molecular formula is C29H42ClN3O2S. The highest BCUT2D eigenvalue weighted by molar-refractivity contribution is 7.97. The lowest BCUT2D eigenvalue weighted by molar-refractivity contribution is -0.150. The van der Waals surface area contributed by atoms with Gasteiger partial charge in [0.2, 0.25) is 5.91 Å². The minimum absolute atomic E-state index is 0.00129. The molecule has 2 unspecified atom stereocenters. The number of aldehydes is 1. The summed E-state index contributed by atoms with van der Waals surface area (Å²) >= 11 is 7.45. The van der Waals surface area contributed by atoms with Crippen molar-refractivity contribution in [1.29, 1.82) is 0 Å². The van der Waals surface area contributed by atoms with E-state index in [9.17, 15) is 9.59 Å². The fourth-order valence-electron chi connectivity index (χ4n) is 7.84. The van der Waals surface area contributed by atoms with Crippen LogP contribution in [0.4, 0.5) is 0 Å². The number of benzene rings is 1. The maximum Gasteiger partial charge on any atom is 0.226 e. The average molecular weight is 532 g/mol. The molecule has 6 fully saturated rings. The SMILES string of the molecule is CNC1C2CC3CC1CC(C(=O)NC1CCCCC1)(C3)C2.O=CC1(NSc2ccccc2Cl)CCC1. The van der Waals surface area contributed by atoms with Crippen molar-refractivity contribution >= 4 is 35.7 Å². The third kappa shape index (κ3) is 5.52. The van der Waals surface area contributed by atoms with E-state index >= 15 is 0 Å². The number of rotatable bonds is 7. The first-order chi connectivity index (χ1) is 17.5. The predicted molar refractivity (Wildman–Crippen MR) is 147 cm³/mol. The molecule has 0 aromatic heterocycles. The van der Waals surface area contributed by atoms with Crippen molar-refractivity contribution in [2.45, 2.75) is 106 Å². The zero-order chi connectivity index (χ0) is 25.2. The first-order valence-corrected chi connectivity index (χ1v) is 15.3. The van der Waals surface area contributed by atoms with Gasteiger partial charge in [0, 0.05) is 17.0 Å². The van der Waals surface area contributed by atoms with E-state index in [-0.39, 0.29) is 11.0 Å². The molecule has 7 rings (SSSR count). The summed E-state index contributed by atoms with van der Waals surface area (Å²) in [6.45, 7) is 0. The molecule has 1 aromatic carbocycles. The molecule has 0 radical (unpaired) electrons. The van der Waals surface area contributed by atoms with E-state index in [1.165, 1.54) is 63.3 Å². The normalized spacial score (nSPS) is 34.3. The Bertz CT molecular complexity index is 917. The summed E-state index contributed by atoms with van der Waals surface area (Å²) < 4.78 is 3.20. The van der Waals surface area contributed by atoms with E-state index in [4.69, 9.17) is 11.6 Å². The molecule has 6 aliphatic carbocycles. The van der Waals surface area contributed by atoms with Crippen LogP contribution in [0.1, 0.15) is 83.5 Å². The quantitative estimate of drug-likeness (QED) is 0.301. The van der Waals surface area contributed by atoms with Crippen molar-refractivity contribution < 1.29 is 9.59 Å². The summed E-state index contributed by atoms with van der Waals surface area (Å²) in [6.07, 6.45) is 16.5. The second kappa shape index (κ2) is 11.3. The number of hydrogen-bond donors (Lipinski definition) is 3. The van der Waals surface area contributed by atoms with Crippen molar-refractivity contribution in [2.75, 3.05) is 7.05 Å². The van der Waals surface area contributed by atoms with Gasteiger partial charge in [-0.05, 0) is 113 Å². The highest BCUT2D eigenvalue weighted by Crippen LogP contribution is 2.60. The van der Waals surface area contributed by atoms with Crippen LogP contribution in [-0.2, 0) is 9.59 Å². The Morgan fingerprint density at radius 1 is 1.03 bits per heavy atom. The molecule has 6 aliphatic rings. The fraction of sp³-hybridized carbons (Fsp3) is 0.724. The Labute approximate surface area is 225 Å². The van der Waals surface area contributed by atoms with Crippen LogP contribution in [0.5, 0.6) is 0 Å². The van der Waals surface area contributed by atoms with Gasteiger partial charge in [-0.1, -0.05) is 43.0 Å². The molecule has 0 spiro atoms. The molecule has 5 nitrogen and oxygen atoms in total. The van der Waals surface area contributed by atoms with Crippen LogP contribution in [0.3, 0.4) is 0 Å². The number of hydrogen-bond acceptors (Lipinski definition) is 5. The predicted octanol–water partition coefficient (Wildman–Crippen LogP) is 5.91. The molecule has 0 aliphatic heterocycles. The summed E-state index contributed by atoms with van der Waals surface area (Å²) in [5, 5.41) is 7.72. The van der Waals surface area contributed by atoms with Crippen molar-refractivity contribution in [1.82, 2.24) is 15.4 Å². The highest BCUT2D eigenvalue weighted by Gasteiger charge is 2.58. The lowest BCUT2D eigenvalue weighted by atomic mass is 9.47. The van der Waals surface area contributed by atoms with Crippen LogP contribution in [0.15, 0.2) is 29.2 Å². The van der Waals surface area contributed by atoms with Gasteiger partial charge in [-0.15, -0.1) is 0 Å². The first kappa shape index (κ1) is 26.5. The third-order valence-electron chi connectivity index (χ3n) is 9.70. The Hall–Kier alpha value is -1.08. The second-order valence-electron chi connectivity index (χ2n) is 12.1. The Kier molecular flexibility index (Phi) is 8.36. The lowest BCUT2D eigenvalue weighted by Gasteiger charge is -2.59. The van der Waals surface area contributed by atoms with Crippen LogP contribution in [0, 0.1) is 23.2 Å². The molecule has 4 bridgehead atoms. The van der Waals surface area contributed by atoms with E-state index in [1.807, 2.05) is 24.3 Å². The van der Waals surface area contributed by atoms with E-state index in [1.54, 1.807) is 0 Å². The first-order valence-electron chi connectivity index (χ1n) is 14.1. The molecule has 6 saturated carbocycles. The van der Waals surface area contributed by atoms with Gasteiger partial charge in [0.25, 0.3) is 0 Å². The standard InChI is InChI=1S/C18H30N2O.C11H12ClNOS/c1-19-16-13-7-12-8-14(16)11-18(9-12,10-13)17(21)20-15-5-3-2-4-6-15;12-9-4-1-2-5-10(9)15-13-11(8-14)6-3-7-11/h12-16,19H,2-11H2,1H3,(H,20,21);1-2,4-5,8,13H,3,6-7H2. The molecule has 3 N–H and O–H groups in total. The van der Waals surface area contributed by atoms with E-state index in [2.05, 4.69) is 22.4 Å². The topological polar surface area (TPSA) is 70.2 Å². The van der Waals surface area contributed by atoms with Gasteiger partial charge in [-0.2, -0.15) is 0 Å². The number of nitrogens with one attached hydrogen (secondary N) is 3. The van der Waals surface area contributed by atoms with Crippen molar-refractivity contribution in [3.05, 3.63) is 29.3 Å². The molecule has 1 amide bonds.